The van der Waals surface area contributed by atoms with Gasteiger partial charge in [-0.15, -0.1) is 0 Å². The van der Waals surface area contributed by atoms with E-state index in [9.17, 15) is 0 Å². The fourth-order valence-electron chi connectivity index (χ4n) is 1.81. The molecule has 0 aromatic rings. The van der Waals surface area contributed by atoms with E-state index in [4.69, 9.17) is 5.73 Å². The van der Waals surface area contributed by atoms with E-state index >= 15 is 0 Å². The van der Waals surface area contributed by atoms with Crippen LogP contribution < -0.4 is 11.1 Å². The van der Waals surface area contributed by atoms with E-state index in [2.05, 4.69) is 17.1 Å². The number of hydrogen-bond donors (Lipinski definition) is 2. The Kier molecular flexibility index (Phi) is 4.80. The molecule has 1 heterocycles. The summed E-state index contributed by atoms with van der Waals surface area (Å²) in [6, 6.07) is 0. The maximum Gasteiger partial charge on any atom is 0.0986 e. The third-order valence-corrected chi connectivity index (χ3v) is 2.81. The average Bonchev–Trinajstić information content (AvgIpc) is 2.33. The fraction of sp³-hybridized carbons (Fsp3) is 0.818. The van der Waals surface area contributed by atoms with Gasteiger partial charge in [-0.25, -0.2) is 0 Å². The van der Waals surface area contributed by atoms with Gasteiger partial charge in [0.25, 0.3) is 0 Å². The molecule has 1 aliphatic rings. The van der Waals surface area contributed by atoms with E-state index < -0.39 is 0 Å². The van der Waals surface area contributed by atoms with E-state index in [1.165, 1.54) is 31.3 Å². The minimum absolute atomic E-state index is 0.878. The minimum Gasteiger partial charge on any atom is -0.385 e. The Morgan fingerprint density at radius 3 is 2.93 bits per heavy atom. The molecule has 0 saturated heterocycles. The topological polar surface area (TPSA) is 41.3 Å². The van der Waals surface area contributed by atoms with Gasteiger partial charge in [-0.05, 0) is 24.8 Å². The molecule has 0 amide bonds. The Hall–Kier alpha value is -0.700. The van der Waals surface area contributed by atoms with Crippen LogP contribution in [0.4, 0.5) is 0 Å². The third-order valence-electron chi connectivity index (χ3n) is 2.81. The van der Waals surface area contributed by atoms with Crippen LogP contribution in [0.15, 0.2) is 11.4 Å². The summed E-state index contributed by atoms with van der Waals surface area (Å²) in [5, 5.41) is 3.35. The summed E-state index contributed by atoms with van der Waals surface area (Å²) in [4.78, 5) is 2.11. The second-order valence-corrected chi connectivity index (χ2v) is 4.05. The Morgan fingerprint density at radius 2 is 2.21 bits per heavy atom. The summed E-state index contributed by atoms with van der Waals surface area (Å²) in [6.07, 6.45) is 6.15. The number of unbranched alkanes of at least 4 members (excludes halogenated alkanes) is 2. The van der Waals surface area contributed by atoms with E-state index in [0.717, 1.165) is 25.5 Å². The van der Waals surface area contributed by atoms with Crippen LogP contribution in [0.1, 0.15) is 39.0 Å². The Balaban J connectivity index is 2.48. The van der Waals surface area contributed by atoms with E-state index in [-0.39, 0.29) is 0 Å². The first-order valence-electron chi connectivity index (χ1n) is 5.65. The number of nitrogens with zero attached hydrogens (tertiary/aromatic N) is 1. The zero-order valence-electron chi connectivity index (χ0n) is 9.47. The second-order valence-electron chi connectivity index (χ2n) is 4.05. The van der Waals surface area contributed by atoms with Crippen LogP contribution in [0.3, 0.4) is 0 Å². The Morgan fingerprint density at radius 1 is 1.43 bits per heavy atom. The highest BCUT2D eigenvalue weighted by Gasteiger charge is 2.11. The van der Waals surface area contributed by atoms with Crippen LogP contribution in [-0.4, -0.2) is 25.2 Å². The maximum absolute atomic E-state index is 6.07. The summed E-state index contributed by atoms with van der Waals surface area (Å²) in [7, 11) is 2.05. The molecule has 0 spiro atoms. The van der Waals surface area contributed by atoms with Crippen molar-refractivity contribution in [1.29, 1.82) is 0 Å². The predicted octanol–water partition coefficient (Wildman–Crippen LogP) is 1.62. The lowest BCUT2D eigenvalue weighted by Gasteiger charge is -2.19. The van der Waals surface area contributed by atoms with Crippen molar-refractivity contribution >= 4 is 0 Å². The van der Waals surface area contributed by atoms with Crippen LogP contribution >= 0.6 is 0 Å². The molecular formula is C11H23N3. The van der Waals surface area contributed by atoms with Gasteiger partial charge < -0.3 is 10.6 Å². The van der Waals surface area contributed by atoms with Crippen molar-refractivity contribution in [3.63, 3.8) is 0 Å². The molecule has 0 aliphatic carbocycles. The molecule has 1 rings (SSSR count). The number of hydrogen-bond acceptors (Lipinski definition) is 3. The van der Waals surface area contributed by atoms with E-state index in [1.54, 1.807) is 0 Å². The smallest absolute Gasteiger partial charge is 0.0986 e. The minimum atomic E-state index is 0.878. The summed E-state index contributed by atoms with van der Waals surface area (Å²) < 4.78 is 0. The first-order valence-corrected chi connectivity index (χ1v) is 5.65. The molecule has 1 aliphatic heterocycles. The predicted molar refractivity (Wildman–Crippen MR) is 60.6 cm³/mol. The van der Waals surface area contributed by atoms with Gasteiger partial charge in [0.05, 0.1) is 12.5 Å². The van der Waals surface area contributed by atoms with Gasteiger partial charge in [-0.3, -0.25) is 5.32 Å². The van der Waals surface area contributed by atoms with Gasteiger partial charge in [-0.1, -0.05) is 19.8 Å². The highest BCUT2D eigenvalue weighted by atomic mass is 15.3. The first-order chi connectivity index (χ1) is 6.75. The monoisotopic (exact) mass is 197 g/mol. The van der Waals surface area contributed by atoms with E-state index in [1.807, 2.05) is 7.05 Å². The second kappa shape index (κ2) is 5.91. The molecule has 3 nitrogen and oxygen atoms in total. The zero-order valence-corrected chi connectivity index (χ0v) is 9.47. The molecular weight excluding hydrogens is 174 g/mol. The normalized spacial score (nSPS) is 18.6. The Labute approximate surface area is 87.3 Å². The van der Waals surface area contributed by atoms with Gasteiger partial charge in [0.1, 0.15) is 0 Å². The third kappa shape index (κ3) is 3.22. The van der Waals surface area contributed by atoms with Crippen molar-refractivity contribution in [2.45, 2.75) is 39.0 Å². The molecule has 0 saturated carbocycles. The van der Waals surface area contributed by atoms with Crippen molar-refractivity contribution in [3.05, 3.63) is 11.4 Å². The van der Waals surface area contributed by atoms with Gasteiger partial charge in [-0.2, -0.15) is 0 Å². The summed E-state index contributed by atoms with van der Waals surface area (Å²) >= 11 is 0. The lowest BCUT2D eigenvalue weighted by molar-refractivity contribution is 0.385. The number of rotatable bonds is 4. The van der Waals surface area contributed by atoms with Crippen molar-refractivity contribution in [1.82, 2.24) is 10.2 Å². The molecule has 0 atom stereocenters. The van der Waals surface area contributed by atoms with Gasteiger partial charge >= 0.3 is 0 Å². The lowest BCUT2D eigenvalue weighted by Crippen LogP contribution is -2.31. The van der Waals surface area contributed by atoms with Crippen molar-refractivity contribution in [3.8, 4) is 0 Å². The highest BCUT2D eigenvalue weighted by molar-refractivity contribution is 5.11. The van der Waals surface area contributed by atoms with Crippen LogP contribution in [-0.2, 0) is 0 Å². The van der Waals surface area contributed by atoms with E-state index in [0.29, 0.717) is 0 Å². The molecule has 3 heteroatoms. The average molecular weight is 197 g/mol. The van der Waals surface area contributed by atoms with Crippen LogP contribution in [0.2, 0.25) is 0 Å². The molecule has 0 bridgehead atoms. The highest BCUT2D eigenvalue weighted by Crippen LogP contribution is 2.17. The molecule has 0 aromatic carbocycles. The lowest BCUT2D eigenvalue weighted by atomic mass is 10.0. The van der Waals surface area contributed by atoms with Gasteiger partial charge in [0, 0.05) is 13.6 Å². The fourth-order valence-corrected chi connectivity index (χ4v) is 1.81. The largest absolute Gasteiger partial charge is 0.385 e. The molecule has 14 heavy (non-hydrogen) atoms. The van der Waals surface area contributed by atoms with Crippen LogP contribution in [0.25, 0.3) is 0 Å². The van der Waals surface area contributed by atoms with Crippen LogP contribution in [0.5, 0.6) is 0 Å². The Bertz CT molecular complexity index is 199. The first kappa shape index (κ1) is 11.4. The standard InChI is InChI=1S/C11H23N3/c1-3-4-5-6-10-7-8-13-9-14(2)11(10)12/h13H,3-9,12H2,1-2H3. The summed E-state index contributed by atoms with van der Waals surface area (Å²) in [5.41, 5.74) is 7.51. The van der Waals surface area contributed by atoms with Crippen LogP contribution in [0, 0.1) is 0 Å². The summed E-state index contributed by atoms with van der Waals surface area (Å²) in [5.74, 6) is 0.992. The van der Waals surface area contributed by atoms with Crippen molar-refractivity contribution in [2.75, 3.05) is 20.3 Å². The molecule has 82 valence electrons. The molecule has 0 fully saturated rings. The van der Waals surface area contributed by atoms with Gasteiger partial charge in [0.15, 0.2) is 0 Å². The number of nitrogens with one attached hydrogen (secondary N) is 1. The molecule has 0 unspecified atom stereocenters. The molecule has 0 aromatic heterocycles. The SMILES string of the molecule is CCCCCC1=C(N)N(C)CNCC1. The molecule has 3 N–H and O–H groups in total. The van der Waals surface area contributed by atoms with Crippen molar-refractivity contribution in [2.24, 2.45) is 5.73 Å². The van der Waals surface area contributed by atoms with Gasteiger partial charge in [0.2, 0.25) is 0 Å². The maximum atomic E-state index is 6.07. The number of nitrogens with two attached hydrogens (primary N) is 1. The quantitative estimate of drug-likeness (QED) is 0.673. The van der Waals surface area contributed by atoms with Crippen molar-refractivity contribution < 1.29 is 0 Å². The summed E-state index contributed by atoms with van der Waals surface area (Å²) in [6.45, 7) is 4.17. The molecule has 0 radical (unpaired) electrons. The zero-order chi connectivity index (χ0) is 10.4.